The Balaban J connectivity index is 2.03. The van der Waals surface area contributed by atoms with E-state index in [1.165, 1.54) is 23.2 Å². The highest BCUT2D eigenvalue weighted by atomic mass is 35.5. The summed E-state index contributed by atoms with van der Waals surface area (Å²) in [5.74, 6) is -0.351. The van der Waals surface area contributed by atoms with Crippen LogP contribution in [0.2, 0.25) is 5.02 Å². The summed E-state index contributed by atoms with van der Waals surface area (Å²) in [5.41, 5.74) is 2.86. The highest BCUT2D eigenvalue weighted by Gasteiger charge is 2.50. The predicted molar refractivity (Wildman–Crippen MR) is 85.1 cm³/mol. The Bertz CT molecular complexity index is 663. The summed E-state index contributed by atoms with van der Waals surface area (Å²) in [6.45, 7) is 4.07. The molecule has 116 valence electrons. The molecule has 3 rings (SSSR count). The summed E-state index contributed by atoms with van der Waals surface area (Å²) in [5, 5.41) is 0.469. The average molecular weight is 320 g/mol. The highest BCUT2D eigenvalue weighted by Crippen LogP contribution is 2.44. The van der Waals surface area contributed by atoms with E-state index >= 15 is 0 Å². The van der Waals surface area contributed by atoms with Crippen molar-refractivity contribution < 1.29 is 14.3 Å². The first-order chi connectivity index (χ1) is 10.4. The molecule has 22 heavy (non-hydrogen) atoms. The molecular weight excluding hydrogens is 302 g/mol. The predicted octanol–water partition coefficient (Wildman–Crippen LogP) is 3.58. The number of rotatable bonds is 2. The molecule has 4 nitrogen and oxygen atoms in total. The number of benzene rings is 1. The van der Waals surface area contributed by atoms with E-state index in [1.54, 1.807) is 18.2 Å². The molecule has 1 saturated heterocycles. The summed E-state index contributed by atoms with van der Waals surface area (Å²) < 4.78 is 5.29. The van der Waals surface area contributed by atoms with Gasteiger partial charge in [0.25, 0.3) is 0 Å². The van der Waals surface area contributed by atoms with Gasteiger partial charge < -0.3 is 4.74 Å². The largest absolute Gasteiger partial charge is 0.495 e. The van der Waals surface area contributed by atoms with Gasteiger partial charge in [0.2, 0.25) is 11.8 Å². The molecule has 1 aromatic rings. The van der Waals surface area contributed by atoms with Crippen LogP contribution in [-0.4, -0.2) is 18.9 Å². The lowest BCUT2D eigenvalue weighted by atomic mass is 9.78. The van der Waals surface area contributed by atoms with E-state index in [1.807, 2.05) is 13.8 Å². The summed E-state index contributed by atoms with van der Waals surface area (Å²) in [6.07, 6.45) is 1.31. The molecule has 1 aliphatic heterocycles. The van der Waals surface area contributed by atoms with Gasteiger partial charge in [0.05, 0.1) is 24.6 Å². The Morgan fingerprint density at radius 2 is 1.64 bits per heavy atom. The monoisotopic (exact) mass is 319 g/mol. The van der Waals surface area contributed by atoms with E-state index in [4.69, 9.17) is 16.3 Å². The third-order valence-electron chi connectivity index (χ3n) is 4.72. The molecule has 0 aromatic heterocycles. The first-order valence-corrected chi connectivity index (χ1v) is 7.68. The van der Waals surface area contributed by atoms with Crippen LogP contribution in [0.3, 0.4) is 0 Å². The van der Waals surface area contributed by atoms with Crippen molar-refractivity contribution in [3.05, 3.63) is 34.4 Å². The van der Waals surface area contributed by atoms with E-state index < -0.39 is 0 Å². The van der Waals surface area contributed by atoms with Crippen molar-refractivity contribution >= 4 is 29.1 Å². The lowest BCUT2D eigenvalue weighted by molar-refractivity contribution is -0.122. The summed E-state index contributed by atoms with van der Waals surface area (Å²) in [6, 6.07) is 4.97. The van der Waals surface area contributed by atoms with Crippen LogP contribution in [0.25, 0.3) is 0 Å². The van der Waals surface area contributed by atoms with Gasteiger partial charge >= 0.3 is 0 Å². The maximum absolute atomic E-state index is 12.8. The van der Waals surface area contributed by atoms with E-state index in [2.05, 4.69) is 0 Å². The third-order valence-corrected chi connectivity index (χ3v) is 4.96. The van der Waals surface area contributed by atoms with Gasteiger partial charge in [-0.25, -0.2) is 4.90 Å². The number of nitrogens with zero attached hydrogens (tertiary/aromatic N) is 1. The lowest BCUT2D eigenvalue weighted by Crippen LogP contribution is -2.31. The second-order valence-corrected chi connectivity index (χ2v) is 6.45. The van der Waals surface area contributed by atoms with Gasteiger partial charge in [0.1, 0.15) is 5.75 Å². The van der Waals surface area contributed by atoms with Gasteiger partial charge in [-0.3, -0.25) is 9.59 Å². The number of hydrogen-bond donors (Lipinski definition) is 0. The number of carbonyl (C=O) groups is 2. The van der Waals surface area contributed by atoms with Crippen LogP contribution >= 0.6 is 11.6 Å². The highest BCUT2D eigenvalue weighted by molar-refractivity contribution is 6.31. The van der Waals surface area contributed by atoms with E-state index in [0.717, 1.165) is 0 Å². The summed E-state index contributed by atoms with van der Waals surface area (Å²) in [7, 11) is 1.51. The fourth-order valence-corrected chi connectivity index (χ4v) is 3.49. The fourth-order valence-electron chi connectivity index (χ4n) is 3.33. The smallest absolute Gasteiger partial charge is 0.238 e. The number of carbonyl (C=O) groups excluding carboxylic acids is 2. The van der Waals surface area contributed by atoms with Gasteiger partial charge in [-0.15, -0.1) is 0 Å². The van der Waals surface area contributed by atoms with Crippen LogP contribution in [0.1, 0.15) is 26.7 Å². The third kappa shape index (κ3) is 2.22. The number of anilines is 1. The second kappa shape index (κ2) is 5.43. The molecule has 1 fully saturated rings. The second-order valence-electron chi connectivity index (χ2n) is 6.01. The molecule has 2 aliphatic rings. The number of methoxy groups -OCH3 is 1. The van der Waals surface area contributed by atoms with Crippen molar-refractivity contribution in [2.75, 3.05) is 12.0 Å². The molecule has 0 unspecified atom stereocenters. The van der Waals surface area contributed by atoms with Crippen molar-refractivity contribution in [2.45, 2.75) is 26.7 Å². The van der Waals surface area contributed by atoms with Crippen LogP contribution in [0, 0.1) is 11.8 Å². The quantitative estimate of drug-likeness (QED) is 0.618. The molecule has 2 atom stereocenters. The van der Waals surface area contributed by atoms with Crippen molar-refractivity contribution in [1.82, 2.24) is 0 Å². The van der Waals surface area contributed by atoms with Gasteiger partial charge in [-0.05, 0) is 44.9 Å². The summed E-state index contributed by atoms with van der Waals surface area (Å²) in [4.78, 5) is 26.8. The number of hydrogen-bond acceptors (Lipinski definition) is 3. The molecular formula is C17H18ClNO3. The standard InChI is InChI=1S/C17H18ClNO3/c1-9-6-12-13(7-10(9)2)17(21)19(16(12)20)14-8-11(18)4-5-15(14)22-3/h4-5,8,12-13H,6-7H2,1-3H3/t12-,13-/m1/s1. The van der Waals surface area contributed by atoms with E-state index in [-0.39, 0.29) is 23.7 Å². The van der Waals surface area contributed by atoms with Gasteiger partial charge in [0.15, 0.2) is 0 Å². The molecule has 1 aromatic carbocycles. The zero-order valence-corrected chi connectivity index (χ0v) is 13.6. The zero-order valence-electron chi connectivity index (χ0n) is 12.9. The summed E-state index contributed by atoms with van der Waals surface area (Å²) >= 11 is 6.03. The zero-order chi connectivity index (χ0) is 16.0. The van der Waals surface area contributed by atoms with Crippen LogP contribution < -0.4 is 9.64 Å². The van der Waals surface area contributed by atoms with Crippen molar-refractivity contribution in [3.8, 4) is 5.75 Å². The molecule has 0 saturated carbocycles. The van der Waals surface area contributed by atoms with Crippen LogP contribution in [0.15, 0.2) is 29.3 Å². The number of ether oxygens (including phenoxy) is 1. The molecule has 1 aliphatic carbocycles. The van der Waals surface area contributed by atoms with Crippen LogP contribution in [0.5, 0.6) is 5.75 Å². The lowest BCUT2D eigenvalue weighted by Gasteiger charge is -2.23. The minimum atomic E-state index is -0.264. The normalized spacial score (nSPS) is 24.8. The van der Waals surface area contributed by atoms with Crippen molar-refractivity contribution in [1.29, 1.82) is 0 Å². The Morgan fingerprint density at radius 3 is 2.14 bits per heavy atom. The maximum atomic E-state index is 12.8. The Kier molecular flexibility index (Phi) is 3.73. The van der Waals surface area contributed by atoms with E-state index in [9.17, 15) is 9.59 Å². The van der Waals surface area contributed by atoms with Gasteiger partial charge in [-0.2, -0.15) is 0 Å². The van der Waals surface area contributed by atoms with Crippen LogP contribution in [0.4, 0.5) is 5.69 Å². The molecule has 0 radical (unpaired) electrons. The topological polar surface area (TPSA) is 46.6 Å². The Labute approximate surface area is 134 Å². The average Bonchev–Trinajstić information content (AvgIpc) is 2.71. The molecule has 0 N–H and O–H groups in total. The van der Waals surface area contributed by atoms with E-state index in [0.29, 0.717) is 29.3 Å². The van der Waals surface area contributed by atoms with Gasteiger partial charge in [-0.1, -0.05) is 22.7 Å². The first kappa shape index (κ1) is 15.1. The van der Waals surface area contributed by atoms with Crippen LogP contribution in [-0.2, 0) is 9.59 Å². The number of imide groups is 1. The SMILES string of the molecule is COc1ccc(Cl)cc1N1C(=O)[C@@H]2CC(C)=C(C)C[C@H]2C1=O. The minimum absolute atomic E-state index is 0.151. The minimum Gasteiger partial charge on any atom is -0.495 e. The molecule has 0 spiro atoms. The van der Waals surface area contributed by atoms with Crippen molar-refractivity contribution in [3.63, 3.8) is 0 Å². The molecule has 5 heteroatoms. The molecule has 2 amide bonds. The number of allylic oxidation sites excluding steroid dienone is 2. The number of amides is 2. The Hall–Kier alpha value is -1.81. The fraction of sp³-hybridized carbons (Fsp3) is 0.412. The van der Waals surface area contributed by atoms with Gasteiger partial charge in [0, 0.05) is 5.02 Å². The maximum Gasteiger partial charge on any atom is 0.238 e. The first-order valence-electron chi connectivity index (χ1n) is 7.30. The molecule has 1 heterocycles. The van der Waals surface area contributed by atoms with Crippen molar-refractivity contribution in [2.24, 2.45) is 11.8 Å². The number of fused-ring (bicyclic) bond motifs is 1. The molecule has 0 bridgehead atoms. The Morgan fingerprint density at radius 1 is 1.09 bits per heavy atom. The number of halogens is 1.